The van der Waals surface area contributed by atoms with Crippen molar-refractivity contribution in [1.29, 1.82) is 0 Å². The average molecular weight is 275 g/mol. The minimum atomic E-state index is -0.248. The summed E-state index contributed by atoms with van der Waals surface area (Å²) in [7, 11) is 3.99. The zero-order valence-corrected chi connectivity index (χ0v) is 11.6. The van der Waals surface area contributed by atoms with E-state index >= 15 is 0 Å². The molecule has 0 atom stereocenters. The summed E-state index contributed by atoms with van der Waals surface area (Å²) in [6, 6.07) is 7.21. The Kier molecular flexibility index (Phi) is 3.08. The highest BCUT2D eigenvalue weighted by Gasteiger charge is 2.15. The van der Waals surface area contributed by atoms with Crippen molar-refractivity contribution in [2.75, 3.05) is 14.1 Å². The minimum Gasteiger partial charge on any atom is -0.304 e. The van der Waals surface area contributed by atoms with E-state index in [0.717, 1.165) is 28.5 Å². The van der Waals surface area contributed by atoms with Crippen LogP contribution in [0.15, 0.2) is 35.8 Å². The number of hydrogen-bond acceptors (Lipinski definition) is 3. The molecule has 0 aliphatic heterocycles. The quantitative estimate of drug-likeness (QED) is 0.731. The Balaban J connectivity index is 2.25. The second-order valence-electron chi connectivity index (χ2n) is 4.70. The molecule has 0 aliphatic carbocycles. The lowest BCUT2D eigenvalue weighted by atomic mass is 10.2. The van der Waals surface area contributed by atoms with Gasteiger partial charge < -0.3 is 4.90 Å². The predicted octanol–water partition coefficient (Wildman–Crippen LogP) is 3.26. The van der Waals surface area contributed by atoms with Crippen molar-refractivity contribution in [3.05, 3.63) is 47.4 Å². The first kappa shape index (κ1) is 12.3. The molecule has 0 amide bonds. The standard InChI is InChI=1S/C14H14FN3S/c1-17(2)9-11-14(12-4-3-7-19-12)16-13-6-5-10(15)8-18(11)13/h3-8H,9H2,1-2H3. The molecule has 3 aromatic rings. The summed E-state index contributed by atoms with van der Waals surface area (Å²) in [6.45, 7) is 0.720. The summed E-state index contributed by atoms with van der Waals surface area (Å²) in [6.07, 6.45) is 1.50. The second-order valence-corrected chi connectivity index (χ2v) is 5.65. The maximum atomic E-state index is 13.4. The van der Waals surface area contributed by atoms with Crippen LogP contribution in [0.3, 0.4) is 0 Å². The molecule has 3 heterocycles. The second kappa shape index (κ2) is 4.75. The SMILES string of the molecule is CN(C)Cc1c(-c2cccs2)nc2ccc(F)cn12. The van der Waals surface area contributed by atoms with Crippen LogP contribution in [0.2, 0.25) is 0 Å². The number of rotatable bonds is 3. The number of imidazole rings is 1. The van der Waals surface area contributed by atoms with Crippen molar-refractivity contribution in [2.45, 2.75) is 6.54 Å². The highest BCUT2D eigenvalue weighted by molar-refractivity contribution is 7.13. The Hall–Kier alpha value is -1.72. The maximum Gasteiger partial charge on any atom is 0.139 e. The van der Waals surface area contributed by atoms with Crippen LogP contribution < -0.4 is 0 Å². The number of pyridine rings is 1. The Labute approximate surface area is 114 Å². The van der Waals surface area contributed by atoms with Crippen LogP contribution in [0.4, 0.5) is 4.39 Å². The van der Waals surface area contributed by atoms with Gasteiger partial charge in [0.05, 0.1) is 10.6 Å². The first-order valence-corrected chi connectivity index (χ1v) is 6.88. The molecule has 19 heavy (non-hydrogen) atoms. The number of hydrogen-bond donors (Lipinski definition) is 0. The van der Waals surface area contributed by atoms with Crippen molar-refractivity contribution >= 4 is 17.0 Å². The Morgan fingerprint density at radius 3 is 2.84 bits per heavy atom. The number of fused-ring (bicyclic) bond motifs is 1. The summed E-state index contributed by atoms with van der Waals surface area (Å²) in [5.41, 5.74) is 2.73. The molecule has 0 spiro atoms. The van der Waals surface area contributed by atoms with E-state index < -0.39 is 0 Å². The molecule has 5 heteroatoms. The molecule has 3 aromatic heterocycles. The highest BCUT2D eigenvalue weighted by Crippen LogP contribution is 2.29. The van der Waals surface area contributed by atoms with Gasteiger partial charge in [-0.15, -0.1) is 11.3 Å². The summed E-state index contributed by atoms with van der Waals surface area (Å²) >= 11 is 1.65. The molecular formula is C14H14FN3S. The van der Waals surface area contributed by atoms with E-state index in [-0.39, 0.29) is 5.82 Å². The maximum absolute atomic E-state index is 13.4. The summed E-state index contributed by atoms with van der Waals surface area (Å²) in [4.78, 5) is 7.80. The van der Waals surface area contributed by atoms with Crippen LogP contribution in [0.25, 0.3) is 16.2 Å². The van der Waals surface area contributed by atoms with Crippen LogP contribution in [-0.4, -0.2) is 28.4 Å². The normalized spacial score (nSPS) is 11.6. The van der Waals surface area contributed by atoms with E-state index in [1.54, 1.807) is 17.4 Å². The summed E-state index contributed by atoms with van der Waals surface area (Å²) in [5.74, 6) is -0.248. The molecule has 0 unspecified atom stereocenters. The fourth-order valence-electron chi connectivity index (χ4n) is 2.13. The van der Waals surface area contributed by atoms with Gasteiger partial charge in [-0.3, -0.25) is 4.40 Å². The fourth-order valence-corrected chi connectivity index (χ4v) is 2.86. The zero-order chi connectivity index (χ0) is 13.4. The molecule has 0 fully saturated rings. The highest BCUT2D eigenvalue weighted by atomic mass is 32.1. The smallest absolute Gasteiger partial charge is 0.139 e. The minimum absolute atomic E-state index is 0.248. The zero-order valence-electron chi connectivity index (χ0n) is 10.8. The van der Waals surface area contributed by atoms with Crippen LogP contribution in [0.1, 0.15) is 5.69 Å². The van der Waals surface area contributed by atoms with E-state index in [0.29, 0.717) is 0 Å². The number of thiophene rings is 1. The van der Waals surface area contributed by atoms with Crippen molar-refractivity contribution < 1.29 is 4.39 Å². The van der Waals surface area contributed by atoms with Gasteiger partial charge in [-0.2, -0.15) is 0 Å². The van der Waals surface area contributed by atoms with Gasteiger partial charge in [-0.1, -0.05) is 6.07 Å². The van der Waals surface area contributed by atoms with Crippen molar-refractivity contribution in [3.63, 3.8) is 0 Å². The van der Waals surface area contributed by atoms with Crippen LogP contribution in [0, 0.1) is 5.82 Å². The van der Waals surface area contributed by atoms with E-state index in [4.69, 9.17) is 0 Å². The summed E-state index contributed by atoms with van der Waals surface area (Å²) in [5, 5.41) is 2.03. The average Bonchev–Trinajstić information content (AvgIpc) is 2.97. The van der Waals surface area contributed by atoms with Gasteiger partial charge in [0.2, 0.25) is 0 Å². The molecule has 0 bridgehead atoms. The first-order chi connectivity index (χ1) is 9.15. The number of halogens is 1. The molecule has 98 valence electrons. The van der Waals surface area contributed by atoms with Gasteiger partial charge >= 0.3 is 0 Å². The molecular weight excluding hydrogens is 261 g/mol. The van der Waals surface area contributed by atoms with E-state index in [1.165, 1.54) is 12.3 Å². The molecule has 0 N–H and O–H groups in total. The van der Waals surface area contributed by atoms with Gasteiger partial charge in [0, 0.05) is 12.7 Å². The van der Waals surface area contributed by atoms with E-state index in [2.05, 4.69) is 9.88 Å². The molecule has 0 radical (unpaired) electrons. The monoisotopic (exact) mass is 275 g/mol. The Morgan fingerprint density at radius 2 is 2.16 bits per heavy atom. The predicted molar refractivity (Wildman–Crippen MR) is 75.9 cm³/mol. The van der Waals surface area contributed by atoms with Gasteiger partial charge in [0.1, 0.15) is 17.2 Å². The van der Waals surface area contributed by atoms with Crippen molar-refractivity contribution in [2.24, 2.45) is 0 Å². The molecule has 0 saturated carbocycles. The van der Waals surface area contributed by atoms with Gasteiger partial charge in [-0.25, -0.2) is 9.37 Å². The van der Waals surface area contributed by atoms with Gasteiger partial charge in [0.15, 0.2) is 0 Å². The lowest BCUT2D eigenvalue weighted by molar-refractivity contribution is 0.396. The van der Waals surface area contributed by atoms with Crippen molar-refractivity contribution in [1.82, 2.24) is 14.3 Å². The van der Waals surface area contributed by atoms with Crippen molar-refractivity contribution in [3.8, 4) is 10.6 Å². The lowest BCUT2D eigenvalue weighted by Gasteiger charge is -2.10. The molecule has 0 saturated heterocycles. The fraction of sp³-hybridized carbons (Fsp3) is 0.214. The lowest BCUT2D eigenvalue weighted by Crippen LogP contribution is -2.13. The summed E-state index contributed by atoms with van der Waals surface area (Å²) < 4.78 is 15.3. The van der Waals surface area contributed by atoms with Crippen LogP contribution in [-0.2, 0) is 6.54 Å². The Bertz CT molecular complexity index is 701. The third-order valence-electron chi connectivity index (χ3n) is 2.90. The van der Waals surface area contributed by atoms with Crippen LogP contribution >= 0.6 is 11.3 Å². The van der Waals surface area contributed by atoms with Gasteiger partial charge in [-0.05, 0) is 37.7 Å². The molecule has 3 nitrogen and oxygen atoms in total. The number of nitrogens with zero attached hydrogens (tertiary/aromatic N) is 3. The largest absolute Gasteiger partial charge is 0.304 e. The number of aromatic nitrogens is 2. The van der Waals surface area contributed by atoms with E-state index in [1.807, 2.05) is 36.0 Å². The van der Waals surface area contributed by atoms with E-state index in [9.17, 15) is 4.39 Å². The third kappa shape index (κ3) is 2.27. The molecule has 3 rings (SSSR count). The first-order valence-electron chi connectivity index (χ1n) is 6.00. The molecule has 0 aromatic carbocycles. The Morgan fingerprint density at radius 1 is 1.32 bits per heavy atom. The van der Waals surface area contributed by atoms with Crippen LogP contribution in [0.5, 0.6) is 0 Å². The topological polar surface area (TPSA) is 20.5 Å². The van der Waals surface area contributed by atoms with Gasteiger partial charge in [0.25, 0.3) is 0 Å². The third-order valence-corrected chi connectivity index (χ3v) is 3.78. The molecule has 0 aliphatic rings.